The zero-order chi connectivity index (χ0) is 26.0. The van der Waals surface area contributed by atoms with E-state index in [-0.39, 0.29) is 17.7 Å². The molecule has 0 saturated carbocycles. The van der Waals surface area contributed by atoms with Crippen molar-refractivity contribution in [3.8, 4) is 0 Å². The molecule has 4 aromatic rings. The molecule has 3 aliphatic carbocycles. The van der Waals surface area contributed by atoms with E-state index in [1.165, 1.54) is 10.5 Å². The molecule has 1 saturated heterocycles. The molecular weight excluding hydrogens is 492 g/mol. The molecule has 2 atom stereocenters. The summed E-state index contributed by atoms with van der Waals surface area (Å²) >= 11 is 6.53. The van der Waals surface area contributed by atoms with Gasteiger partial charge in [0.1, 0.15) is 0 Å². The quantitative estimate of drug-likeness (QED) is 0.220. The predicted molar refractivity (Wildman–Crippen MR) is 150 cm³/mol. The van der Waals surface area contributed by atoms with Crippen LogP contribution >= 0.6 is 11.6 Å². The van der Waals surface area contributed by atoms with E-state index < -0.39 is 17.3 Å². The van der Waals surface area contributed by atoms with Crippen LogP contribution in [0.5, 0.6) is 0 Å². The van der Waals surface area contributed by atoms with E-state index >= 15 is 0 Å². The molecule has 4 aliphatic rings. The molecular formula is C33H25ClN2O2. The number of hydrogen-bond acceptors (Lipinski definition) is 3. The summed E-state index contributed by atoms with van der Waals surface area (Å²) in [6, 6.07) is 31.7. The summed E-state index contributed by atoms with van der Waals surface area (Å²) in [6.45, 7) is 2.12. The summed E-state index contributed by atoms with van der Waals surface area (Å²) in [4.78, 5) is 34.9. The summed E-state index contributed by atoms with van der Waals surface area (Å²) < 4.78 is 0. The van der Waals surface area contributed by atoms with E-state index in [1.54, 1.807) is 24.3 Å². The molecule has 5 heteroatoms. The van der Waals surface area contributed by atoms with Crippen molar-refractivity contribution in [1.82, 2.24) is 0 Å². The van der Waals surface area contributed by atoms with E-state index in [9.17, 15) is 9.59 Å². The molecule has 4 nitrogen and oxygen atoms in total. The predicted octanol–water partition coefficient (Wildman–Crippen LogP) is 6.86. The maximum Gasteiger partial charge on any atom is 0.239 e. The highest BCUT2D eigenvalue weighted by atomic mass is 35.5. The first-order chi connectivity index (χ1) is 18.6. The number of carbonyl (C=O) groups is 2. The van der Waals surface area contributed by atoms with Crippen LogP contribution in [0.15, 0.2) is 102 Å². The van der Waals surface area contributed by atoms with E-state index in [0.29, 0.717) is 10.7 Å². The summed E-state index contributed by atoms with van der Waals surface area (Å²) in [5.41, 5.74) is 5.86. The van der Waals surface area contributed by atoms with Gasteiger partial charge in [-0.15, -0.1) is 0 Å². The number of carbonyl (C=O) groups excluding carboxylic acids is 2. The topological polar surface area (TPSA) is 49.7 Å². The van der Waals surface area contributed by atoms with Crippen molar-refractivity contribution >= 4 is 41.0 Å². The second-order valence-electron chi connectivity index (χ2n) is 10.3. The van der Waals surface area contributed by atoms with Gasteiger partial charge in [0.25, 0.3) is 0 Å². The Hall–Kier alpha value is -4.02. The Balaban J connectivity index is 1.49. The van der Waals surface area contributed by atoms with Crippen LogP contribution in [0.2, 0.25) is 5.02 Å². The maximum atomic E-state index is 14.4. The number of nitrogens with zero attached hydrogens (tertiary/aromatic N) is 2. The van der Waals surface area contributed by atoms with Gasteiger partial charge in [0.05, 0.1) is 33.6 Å². The lowest BCUT2D eigenvalue weighted by Gasteiger charge is -2.52. The van der Waals surface area contributed by atoms with Crippen LogP contribution in [-0.2, 0) is 21.4 Å². The molecule has 0 unspecified atom stereocenters. The summed E-state index contributed by atoms with van der Waals surface area (Å²) in [5.74, 6) is -1.81. The molecule has 0 radical (unpaired) electrons. The van der Waals surface area contributed by atoms with Crippen LogP contribution < -0.4 is 4.90 Å². The van der Waals surface area contributed by atoms with Crippen LogP contribution in [-0.4, -0.2) is 18.0 Å². The fourth-order valence-corrected chi connectivity index (χ4v) is 7.13. The number of anilines is 1. The number of benzene rings is 4. The number of aryl methyl sites for hydroxylation is 1. The second-order valence-corrected chi connectivity index (χ2v) is 10.7. The van der Waals surface area contributed by atoms with Gasteiger partial charge < -0.3 is 0 Å². The third-order valence-electron chi connectivity index (χ3n) is 8.54. The number of imide groups is 1. The Morgan fingerprint density at radius 1 is 0.816 bits per heavy atom. The van der Waals surface area contributed by atoms with Crippen molar-refractivity contribution < 1.29 is 9.59 Å². The summed E-state index contributed by atoms with van der Waals surface area (Å²) in [6.07, 6.45) is 2.88. The first kappa shape index (κ1) is 23.1. The smallest absolute Gasteiger partial charge is 0.239 e. The van der Waals surface area contributed by atoms with E-state index in [0.717, 1.165) is 34.4 Å². The normalized spacial score (nSPS) is 25.0. The molecule has 2 bridgehead atoms. The van der Waals surface area contributed by atoms with Gasteiger partial charge in [-0.2, -0.15) is 0 Å². The molecule has 4 aromatic carbocycles. The Morgan fingerprint density at radius 3 is 2.05 bits per heavy atom. The zero-order valence-electron chi connectivity index (χ0n) is 20.8. The SMILES string of the molecule is CCc1ccc(N=CC23c4ccccc4C(c4ccccc42)[C@H]2C(=O)N(c4ccccc4Cl)C(=O)[C@@H]23)cc1. The number of hydrogen-bond donors (Lipinski definition) is 0. The van der Waals surface area contributed by atoms with Gasteiger partial charge in [0, 0.05) is 12.1 Å². The van der Waals surface area contributed by atoms with Crippen LogP contribution in [0.25, 0.3) is 0 Å². The van der Waals surface area contributed by atoms with E-state index in [1.807, 2.05) is 42.6 Å². The number of aliphatic imine (C=N–C) groups is 1. The molecule has 0 spiro atoms. The van der Waals surface area contributed by atoms with Crippen LogP contribution in [0.3, 0.4) is 0 Å². The van der Waals surface area contributed by atoms with Gasteiger partial charge in [0.15, 0.2) is 0 Å². The minimum Gasteiger partial charge on any atom is -0.274 e. The van der Waals surface area contributed by atoms with Crippen molar-refractivity contribution in [2.75, 3.05) is 4.90 Å². The Labute approximate surface area is 226 Å². The molecule has 1 heterocycles. The lowest BCUT2D eigenvalue weighted by molar-refractivity contribution is -0.122. The number of rotatable bonds is 4. The second kappa shape index (κ2) is 8.50. The molecule has 0 N–H and O–H groups in total. The van der Waals surface area contributed by atoms with Crippen molar-refractivity contribution in [1.29, 1.82) is 0 Å². The molecule has 8 rings (SSSR count). The van der Waals surface area contributed by atoms with Gasteiger partial charge >= 0.3 is 0 Å². The first-order valence-electron chi connectivity index (χ1n) is 13.0. The Kier molecular flexibility index (Phi) is 5.17. The minimum atomic E-state index is -0.890. The summed E-state index contributed by atoms with van der Waals surface area (Å²) in [7, 11) is 0. The van der Waals surface area contributed by atoms with Crippen molar-refractivity contribution in [3.63, 3.8) is 0 Å². The third-order valence-corrected chi connectivity index (χ3v) is 8.86. The van der Waals surface area contributed by atoms with Gasteiger partial charge in [-0.3, -0.25) is 14.6 Å². The standard InChI is InChI=1S/C33H25ClN2O2/c1-2-20-15-17-21(18-16-20)35-19-33-24-11-5-3-9-22(24)28(23-10-4-6-12-25(23)33)29-30(33)32(38)36(31(29)37)27-14-8-7-13-26(27)34/h3-19,28-30H,2H2,1H3/t28?,29-,30-,33?/m1/s1. The lowest BCUT2D eigenvalue weighted by atomic mass is 9.47. The van der Waals surface area contributed by atoms with Crippen molar-refractivity contribution in [2.45, 2.75) is 24.7 Å². The fraction of sp³-hybridized carbons (Fsp3) is 0.182. The molecule has 0 aromatic heterocycles. The van der Waals surface area contributed by atoms with E-state index in [4.69, 9.17) is 16.6 Å². The molecule has 186 valence electrons. The van der Waals surface area contributed by atoms with Crippen LogP contribution in [0, 0.1) is 11.8 Å². The Bertz CT molecular complexity index is 1590. The van der Waals surface area contributed by atoms with Gasteiger partial charge in [-0.05, 0) is 58.5 Å². The zero-order valence-corrected chi connectivity index (χ0v) is 21.6. The molecule has 2 amide bonds. The fourth-order valence-electron chi connectivity index (χ4n) is 6.91. The average Bonchev–Trinajstić information content (AvgIpc) is 3.23. The third kappa shape index (κ3) is 3.01. The first-order valence-corrected chi connectivity index (χ1v) is 13.4. The van der Waals surface area contributed by atoms with Crippen molar-refractivity contribution in [2.24, 2.45) is 16.8 Å². The maximum absolute atomic E-state index is 14.4. The Morgan fingerprint density at radius 2 is 1.42 bits per heavy atom. The van der Waals surface area contributed by atoms with Crippen LogP contribution in [0.4, 0.5) is 11.4 Å². The molecule has 1 fully saturated rings. The number of para-hydroxylation sites is 1. The lowest BCUT2D eigenvalue weighted by Crippen LogP contribution is -2.54. The van der Waals surface area contributed by atoms with Crippen LogP contribution in [0.1, 0.15) is 40.7 Å². The molecule has 1 aliphatic heterocycles. The monoisotopic (exact) mass is 516 g/mol. The highest BCUT2D eigenvalue weighted by molar-refractivity contribution is 6.36. The average molecular weight is 517 g/mol. The largest absolute Gasteiger partial charge is 0.274 e. The summed E-state index contributed by atoms with van der Waals surface area (Å²) in [5, 5.41) is 0.383. The van der Waals surface area contributed by atoms with E-state index in [2.05, 4.69) is 43.3 Å². The van der Waals surface area contributed by atoms with Crippen molar-refractivity contribution in [3.05, 3.63) is 130 Å². The van der Waals surface area contributed by atoms with Gasteiger partial charge in [0.2, 0.25) is 11.8 Å². The molecule has 38 heavy (non-hydrogen) atoms. The highest BCUT2D eigenvalue weighted by Gasteiger charge is 2.68. The van der Waals surface area contributed by atoms with Gasteiger partial charge in [-0.1, -0.05) is 91.3 Å². The number of halogens is 1. The highest BCUT2D eigenvalue weighted by Crippen LogP contribution is 2.64. The minimum absolute atomic E-state index is 0.202. The number of amides is 2. The van der Waals surface area contributed by atoms with Gasteiger partial charge in [-0.25, -0.2) is 4.90 Å².